The number of rotatable bonds is 7. The molecule has 0 aromatic heterocycles. The fraction of sp³-hybridized carbons (Fsp3) is 0.409. The van der Waals surface area contributed by atoms with Crippen molar-refractivity contribution in [3.63, 3.8) is 0 Å². The number of benzene rings is 2. The van der Waals surface area contributed by atoms with E-state index in [-0.39, 0.29) is 11.3 Å². The SMILES string of the molecule is CCN(Cc1ccc(OC)c(OC)c1)C(=O)C1(c2ccccc2)CCC1. The van der Waals surface area contributed by atoms with Crippen LogP contribution in [-0.4, -0.2) is 31.6 Å². The van der Waals surface area contributed by atoms with E-state index in [0.717, 1.165) is 30.4 Å². The Labute approximate surface area is 155 Å². The molecule has 0 saturated heterocycles. The lowest BCUT2D eigenvalue weighted by Gasteiger charge is -2.44. The van der Waals surface area contributed by atoms with Crippen LogP contribution in [0.5, 0.6) is 11.5 Å². The Morgan fingerprint density at radius 2 is 1.73 bits per heavy atom. The van der Waals surface area contributed by atoms with Gasteiger partial charge in [0.25, 0.3) is 0 Å². The minimum absolute atomic E-state index is 0.229. The lowest BCUT2D eigenvalue weighted by atomic mass is 9.63. The summed E-state index contributed by atoms with van der Waals surface area (Å²) in [6, 6.07) is 16.0. The largest absolute Gasteiger partial charge is 0.493 e. The monoisotopic (exact) mass is 353 g/mol. The third kappa shape index (κ3) is 3.28. The number of carbonyl (C=O) groups excluding carboxylic acids is 1. The van der Waals surface area contributed by atoms with E-state index >= 15 is 0 Å². The first-order chi connectivity index (χ1) is 12.6. The molecule has 4 nitrogen and oxygen atoms in total. The Morgan fingerprint density at radius 3 is 2.27 bits per heavy atom. The first-order valence-corrected chi connectivity index (χ1v) is 9.20. The standard InChI is InChI=1S/C22H27NO3/c1-4-23(16-17-11-12-19(25-2)20(15-17)26-3)21(24)22(13-8-14-22)18-9-6-5-7-10-18/h5-7,9-12,15H,4,8,13-14,16H2,1-3H3. The van der Waals surface area contributed by atoms with Crippen LogP contribution in [0.4, 0.5) is 0 Å². The van der Waals surface area contributed by atoms with Gasteiger partial charge < -0.3 is 14.4 Å². The third-order valence-corrected chi connectivity index (χ3v) is 5.43. The Balaban J connectivity index is 1.83. The second-order valence-corrected chi connectivity index (χ2v) is 6.81. The Hall–Kier alpha value is -2.49. The van der Waals surface area contributed by atoms with E-state index in [4.69, 9.17) is 9.47 Å². The molecule has 0 aliphatic heterocycles. The van der Waals surface area contributed by atoms with Crippen molar-refractivity contribution in [2.75, 3.05) is 20.8 Å². The maximum Gasteiger partial charge on any atom is 0.233 e. The summed E-state index contributed by atoms with van der Waals surface area (Å²) in [6.45, 7) is 3.29. The van der Waals surface area contributed by atoms with Crippen molar-refractivity contribution in [3.05, 3.63) is 59.7 Å². The highest BCUT2D eigenvalue weighted by Gasteiger charge is 2.47. The van der Waals surface area contributed by atoms with Crippen LogP contribution in [0.25, 0.3) is 0 Å². The smallest absolute Gasteiger partial charge is 0.233 e. The molecule has 0 heterocycles. The van der Waals surface area contributed by atoms with E-state index in [0.29, 0.717) is 24.6 Å². The van der Waals surface area contributed by atoms with Crippen LogP contribution in [0.1, 0.15) is 37.3 Å². The van der Waals surface area contributed by atoms with Crippen LogP contribution < -0.4 is 9.47 Å². The fourth-order valence-electron chi connectivity index (χ4n) is 3.74. The highest BCUT2D eigenvalue weighted by molar-refractivity contribution is 5.89. The Kier molecular flexibility index (Phi) is 5.50. The van der Waals surface area contributed by atoms with Gasteiger partial charge >= 0.3 is 0 Å². The number of amides is 1. The van der Waals surface area contributed by atoms with Gasteiger partial charge in [0.1, 0.15) is 0 Å². The average molecular weight is 353 g/mol. The van der Waals surface area contributed by atoms with Crippen LogP contribution >= 0.6 is 0 Å². The number of nitrogens with zero attached hydrogens (tertiary/aromatic N) is 1. The molecule has 1 saturated carbocycles. The lowest BCUT2D eigenvalue weighted by molar-refractivity contribution is -0.141. The molecule has 0 bridgehead atoms. The number of hydrogen-bond acceptors (Lipinski definition) is 3. The molecule has 1 aliphatic carbocycles. The van der Waals surface area contributed by atoms with E-state index < -0.39 is 0 Å². The van der Waals surface area contributed by atoms with Crippen LogP contribution in [-0.2, 0) is 16.8 Å². The molecule has 26 heavy (non-hydrogen) atoms. The second-order valence-electron chi connectivity index (χ2n) is 6.81. The van der Waals surface area contributed by atoms with Crippen molar-refractivity contribution >= 4 is 5.91 Å². The highest BCUT2D eigenvalue weighted by Crippen LogP contribution is 2.45. The predicted molar refractivity (Wildman–Crippen MR) is 103 cm³/mol. The maximum atomic E-state index is 13.4. The molecule has 0 unspecified atom stereocenters. The van der Waals surface area contributed by atoms with E-state index in [2.05, 4.69) is 12.1 Å². The van der Waals surface area contributed by atoms with Gasteiger partial charge in [0, 0.05) is 13.1 Å². The Bertz CT molecular complexity index is 753. The summed E-state index contributed by atoms with van der Waals surface area (Å²) in [5.74, 6) is 1.62. The van der Waals surface area contributed by atoms with Gasteiger partial charge in [-0.15, -0.1) is 0 Å². The van der Waals surface area contributed by atoms with Gasteiger partial charge in [-0.3, -0.25) is 4.79 Å². The molecular weight excluding hydrogens is 326 g/mol. The molecule has 4 heteroatoms. The molecular formula is C22H27NO3. The fourth-order valence-corrected chi connectivity index (χ4v) is 3.74. The molecule has 1 aliphatic rings. The minimum atomic E-state index is -0.353. The molecule has 0 radical (unpaired) electrons. The number of methoxy groups -OCH3 is 2. The van der Waals surface area contributed by atoms with Crippen molar-refractivity contribution in [1.29, 1.82) is 0 Å². The zero-order valence-corrected chi connectivity index (χ0v) is 15.8. The molecule has 1 amide bonds. The van der Waals surface area contributed by atoms with Crippen molar-refractivity contribution in [2.24, 2.45) is 0 Å². The topological polar surface area (TPSA) is 38.8 Å². The van der Waals surface area contributed by atoms with E-state index in [9.17, 15) is 4.79 Å². The molecule has 0 spiro atoms. The van der Waals surface area contributed by atoms with Gasteiger partial charge in [0.2, 0.25) is 5.91 Å². The lowest BCUT2D eigenvalue weighted by Crippen LogP contribution is -2.50. The summed E-state index contributed by atoms with van der Waals surface area (Å²) < 4.78 is 10.7. The first-order valence-electron chi connectivity index (χ1n) is 9.20. The summed E-state index contributed by atoms with van der Waals surface area (Å²) in [5.41, 5.74) is 1.83. The van der Waals surface area contributed by atoms with Crippen LogP contribution in [0.15, 0.2) is 48.5 Å². The van der Waals surface area contributed by atoms with Crippen LogP contribution in [0.3, 0.4) is 0 Å². The molecule has 3 rings (SSSR count). The van der Waals surface area contributed by atoms with Crippen LogP contribution in [0, 0.1) is 0 Å². The minimum Gasteiger partial charge on any atom is -0.493 e. The van der Waals surface area contributed by atoms with Gasteiger partial charge in [-0.1, -0.05) is 42.8 Å². The highest BCUT2D eigenvalue weighted by atomic mass is 16.5. The number of likely N-dealkylation sites (N-methyl/N-ethyl adjacent to an activating group) is 1. The third-order valence-electron chi connectivity index (χ3n) is 5.43. The van der Waals surface area contributed by atoms with Crippen molar-refractivity contribution in [1.82, 2.24) is 4.90 Å². The van der Waals surface area contributed by atoms with Gasteiger partial charge in [0.15, 0.2) is 11.5 Å². The molecule has 0 N–H and O–H groups in total. The second kappa shape index (κ2) is 7.81. The zero-order chi connectivity index (χ0) is 18.6. The van der Waals surface area contributed by atoms with E-state index in [1.165, 1.54) is 0 Å². The molecule has 0 atom stereocenters. The van der Waals surface area contributed by atoms with Gasteiger partial charge in [-0.2, -0.15) is 0 Å². The predicted octanol–water partition coefficient (Wildman–Crippen LogP) is 4.17. The molecule has 2 aromatic carbocycles. The maximum absolute atomic E-state index is 13.4. The van der Waals surface area contributed by atoms with Crippen molar-refractivity contribution < 1.29 is 14.3 Å². The van der Waals surface area contributed by atoms with Crippen molar-refractivity contribution in [2.45, 2.75) is 38.1 Å². The number of carbonyl (C=O) groups is 1. The van der Waals surface area contributed by atoms with E-state index in [1.54, 1.807) is 14.2 Å². The quantitative estimate of drug-likeness (QED) is 0.750. The van der Waals surface area contributed by atoms with Gasteiger partial charge in [-0.05, 0) is 43.0 Å². The molecule has 1 fully saturated rings. The van der Waals surface area contributed by atoms with Crippen LogP contribution in [0.2, 0.25) is 0 Å². The normalized spacial score (nSPS) is 15.0. The summed E-state index contributed by atoms with van der Waals surface area (Å²) >= 11 is 0. The summed E-state index contributed by atoms with van der Waals surface area (Å²) in [4.78, 5) is 15.4. The average Bonchev–Trinajstić information content (AvgIpc) is 2.65. The van der Waals surface area contributed by atoms with Gasteiger partial charge in [0.05, 0.1) is 19.6 Å². The number of ether oxygens (including phenoxy) is 2. The summed E-state index contributed by atoms with van der Waals surface area (Å²) in [7, 11) is 3.25. The van der Waals surface area contributed by atoms with Crippen molar-refractivity contribution in [3.8, 4) is 11.5 Å². The molecule has 2 aromatic rings. The zero-order valence-electron chi connectivity index (χ0n) is 15.8. The Morgan fingerprint density at radius 1 is 1.04 bits per heavy atom. The van der Waals surface area contributed by atoms with E-state index in [1.807, 2.05) is 48.2 Å². The molecule has 138 valence electrons. The number of hydrogen-bond donors (Lipinski definition) is 0. The first kappa shape index (κ1) is 18.3. The summed E-state index contributed by atoms with van der Waals surface area (Å²) in [6.07, 6.45) is 2.96. The summed E-state index contributed by atoms with van der Waals surface area (Å²) in [5, 5.41) is 0. The van der Waals surface area contributed by atoms with Gasteiger partial charge in [-0.25, -0.2) is 0 Å².